The molecular formula is C16H26N2O. The van der Waals surface area contributed by atoms with Gasteiger partial charge in [0.05, 0.1) is 6.10 Å². The largest absolute Gasteiger partial charge is 0.381 e. The van der Waals surface area contributed by atoms with E-state index in [1.54, 1.807) is 0 Å². The number of piperidine rings is 1. The molecule has 1 heterocycles. The van der Waals surface area contributed by atoms with Gasteiger partial charge in [-0.15, -0.1) is 0 Å². The molecule has 0 bridgehead atoms. The lowest BCUT2D eigenvalue weighted by molar-refractivity contribution is 0.0819. The SMILES string of the molecule is COC1CCN(c2ccc(C)cc2CC(C)N)CC1. The Kier molecular flexibility index (Phi) is 4.83. The summed E-state index contributed by atoms with van der Waals surface area (Å²) in [5, 5.41) is 0. The van der Waals surface area contributed by atoms with Gasteiger partial charge in [0.2, 0.25) is 0 Å². The fourth-order valence-electron chi connectivity index (χ4n) is 2.87. The number of anilines is 1. The van der Waals surface area contributed by atoms with Crippen LogP contribution >= 0.6 is 0 Å². The van der Waals surface area contributed by atoms with Crippen LogP contribution in [0.2, 0.25) is 0 Å². The van der Waals surface area contributed by atoms with Crippen LogP contribution in [0.25, 0.3) is 0 Å². The maximum absolute atomic E-state index is 5.98. The molecule has 3 nitrogen and oxygen atoms in total. The Labute approximate surface area is 116 Å². The molecule has 0 saturated carbocycles. The van der Waals surface area contributed by atoms with Crippen LogP contribution in [-0.4, -0.2) is 32.3 Å². The number of methoxy groups -OCH3 is 1. The summed E-state index contributed by atoms with van der Waals surface area (Å²) in [6, 6.07) is 6.93. The average molecular weight is 262 g/mol. The van der Waals surface area contributed by atoms with Gasteiger partial charge in [-0.25, -0.2) is 0 Å². The molecule has 106 valence electrons. The summed E-state index contributed by atoms with van der Waals surface area (Å²) in [4.78, 5) is 2.48. The lowest BCUT2D eigenvalue weighted by Gasteiger charge is -2.34. The molecule has 1 unspecified atom stereocenters. The molecular weight excluding hydrogens is 236 g/mol. The van der Waals surface area contributed by atoms with Crippen molar-refractivity contribution in [3.8, 4) is 0 Å². The zero-order valence-electron chi connectivity index (χ0n) is 12.4. The smallest absolute Gasteiger partial charge is 0.0605 e. The van der Waals surface area contributed by atoms with Gasteiger partial charge >= 0.3 is 0 Å². The number of nitrogens with two attached hydrogens (primary N) is 1. The molecule has 2 rings (SSSR count). The molecule has 0 radical (unpaired) electrons. The molecule has 1 atom stereocenters. The first-order chi connectivity index (χ1) is 9.10. The normalized spacial score (nSPS) is 18.6. The predicted molar refractivity (Wildman–Crippen MR) is 80.8 cm³/mol. The van der Waals surface area contributed by atoms with E-state index in [0.29, 0.717) is 6.10 Å². The monoisotopic (exact) mass is 262 g/mol. The molecule has 1 aromatic rings. The first-order valence-corrected chi connectivity index (χ1v) is 7.23. The van der Waals surface area contributed by atoms with E-state index in [2.05, 4.69) is 36.9 Å². The van der Waals surface area contributed by atoms with Crippen LogP contribution in [0.3, 0.4) is 0 Å². The quantitative estimate of drug-likeness (QED) is 0.906. The fourth-order valence-corrected chi connectivity index (χ4v) is 2.87. The highest BCUT2D eigenvalue weighted by Crippen LogP contribution is 2.26. The number of ether oxygens (including phenoxy) is 1. The van der Waals surface area contributed by atoms with Crippen molar-refractivity contribution in [2.45, 2.75) is 45.3 Å². The van der Waals surface area contributed by atoms with E-state index >= 15 is 0 Å². The van der Waals surface area contributed by atoms with Gasteiger partial charge in [0.1, 0.15) is 0 Å². The van der Waals surface area contributed by atoms with Gasteiger partial charge in [-0.05, 0) is 44.7 Å². The van der Waals surface area contributed by atoms with Crippen molar-refractivity contribution in [1.29, 1.82) is 0 Å². The predicted octanol–water partition coefficient (Wildman–Crippen LogP) is 2.50. The molecule has 19 heavy (non-hydrogen) atoms. The summed E-state index contributed by atoms with van der Waals surface area (Å²) in [5.74, 6) is 0. The molecule has 0 spiro atoms. The first kappa shape index (κ1) is 14.4. The van der Waals surface area contributed by atoms with Crippen molar-refractivity contribution < 1.29 is 4.74 Å². The summed E-state index contributed by atoms with van der Waals surface area (Å²) in [6.07, 6.45) is 3.60. The Morgan fingerprint density at radius 1 is 1.37 bits per heavy atom. The minimum Gasteiger partial charge on any atom is -0.381 e. The highest BCUT2D eigenvalue weighted by molar-refractivity contribution is 5.55. The minimum absolute atomic E-state index is 0.206. The second-order valence-electron chi connectivity index (χ2n) is 5.74. The summed E-state index contributed by atoms with van der Waals surface area (Å²) in [6.45, 7) is 6.37. The average Bonchev–Trinajstić information content (AvgIpc) is 2.38. The Morgan fingerprint density at radius 3 is 2.63 bits per heavy atom. The van der Waals surface area contributed by atoms with Crippen LogP contribution in [0.5, 0.6) is 0 Å². The van der Waals surface area contributed by atoms with Crippen molar-refractivity contribution in [1.82, 2.24) is 0 Å². The third-order valence-corrected chi connectivity index (χ3v) is 3.89. The van der Waals surface area contributed by atoms with E-state index in [1.807, 2.05) is 7.11 Å². The van der Waals surface area contributed by atoms with Gasteiger partial charge in [-0.1, -0.05) is 17.7 Å². The fraction of sp³-hybridized carbons (Fsp3) is 0.625. The van der Waals surface area contributed by atoms with Gasteiger partial charge in [0, 0.05) is 31.9 Å². The number of benzene rings is 1. The van der Waals surface area contributed by atoms with Crippen LogP contribution in [0.1, 0.15) is 30.9 Å². The van der Waals surface area contributed by atoms with Crippen LogP contribution < -0.4 is 10.6 Å². The third-order valence-electron chi connectivity index (χ3n) is 3.89. The third kappa shape index (κ3) is 3.71. The number of hydrogen-bond donors (Lipinski definition) is 1. The summed E-state index contributed by atoms with van der Waals surface area (Å²) in [7, 11) is 1.81. The standard InChI is InChI=1S/C16H26N2O/c1-12-4-5-16(14(10-12)11-13(2)17)18-8-6-15(19-3)7-9-18/h4-5,10,13,15H,6-9,11,17H2,1-3H3. The van der Waals surface area contributed by atoms with Crippen LogP contribution in [0, 0.1) is 6.92 Å². The van der Waals surface area contributed by atoms with Crippen LogP contribution in [0.15, 0.2) is 18.2 Å². The topological polar surface area (TPSA) is 38.5 Å². The first-order valence-electron chi connectivity index (χ1n) is 7.23. The van der Waals surface area contributed by atoms with E-state index in [9.17, 15) is 0 Å². The number of aryl methyl sites for hydroxylation is 1. The van der Waals surface area contributed by atoms with E-state index in [4.69, 9.17) is 10.5 Å². The van der Waals surface area contributed by atoms with Crippen molar-refractivity contribution in [3.05, 3.63) is 29.3 Å². The summed E-state index contributed by atoms with van der Waals surface area (Å²) >= 11 is 0. The zero-order chi connectivity index (χ0) is 13.8. The number of hydrogen-bond acceptors (Lipinski definition) is 3. The Bertz CT molecular complexity index is 409. The van der Waals surface area contributed by atoms with Crippen molar-refractivity contribution in [3.63, 3.8) is 0 Å². The van der Waals surface area contributed by atoms with Gasteiger partial charge in [0.15, 0.2) is 0 Å². The maximum Gasteiger partial charge on any atom is 0.0605 e. The highest BCUT2D eigenvalue weighted by Gasteiger charge is 2.20. The molecule has 1 saturated heterocycles. The van der Waals surface area contributed by atoms with Crippen molar-refractivity contribution >= 4 is 5.69 Å². The van der Waals surface area contributed by atoms with E-state index in [-0.39, 0.29) is 6.04 Å². The van der Waals surface area contributed by atoms with Crippen LogP contribution in [-0.2, 0) is 11.2 Å². The van der Waals surface area contributed by atoms with Crippen molar-refractivity contribution in [2.24, 2.45) is 5.73 Å². The van der Waals surface area contributed by atoms with E-state index in [0.717, 1.165) is 32.4 Å². The summed E-state index contributed by atoms with van der Waals surface area (Å²) in [5.41, 5.74) is 10.0. The second kappa shape index (κ2) is 6.40. The molecule has 0 aromatic heterocycles. The number of nitrogens with zero attached hydrogens (tertiary/aromatic N) is 1. The minimum atomic E-state index is 0.206. The molecule has 1 aromatic carbocycles. The molecule has 1 aliphatic rings. The lowest BCUT2D eigenvalue weighted by Crippen LogP contribution is -2.37. The Morgan fingerprint density at radius 2 is 2.05 bits per heavy atom. The highest BCUT2D eigenvalue weighted by atomic mass is 16.5. The Balaban J connectivity index is 2.15. The molecule has 1 aliphatic heterocycles. The second-order valence-corrected chi connectivity index (χ2v) is 5.74. The van der Waals surface area contributed by atoms with E-state index in [1.165, 1.54) is 16.8 Å². The maximum atomic E-state index is 5.98. The van der Waals surface area contributed by atoms with Gasteiger partial charge in [0.25, 0.3) is 0 Å². The van der Waals surface area contributed by atoms with E-state index < -0.39 is 0 Å². The molecule has 0 amide bonds. The van der Waals surface area contributed by atoms with Gasteiger partial charge in [-0.2, -0.15) is 0 Å². The zero-order valence-corrected chi connectivity index (χ0v) is 12.4. The Hall–Kier alpha value is -1.06. The summed E-state index contributed by atoms with van der Waals surface area (Å²) < 4.78 is 5.44. The molecule has 1 fully saturated rings. The van der Waals surface area contributed by atoms with Gasteiger partial charge < -0.3 is 15.4 Å². The van der Waals surface area contributed by atoms with Crippen LogP contribution in [0.4, 0.5) is 5.69 Å². The van der Waals surface area contributed by atoms with Crippen molar-refractivity contribution in [2.75, 3.05) is 25.1 Å². The molecule has 0 aliphatic carbocycles. The van der Waals surface area contributed by atoms with Gasteiger partial charge in [-0.3, -0.25) is 0 Å². The number of rotatable bonds is 4. The lowest BCUT2D eigenvalue weighted by atomic mass is 10.00. The molecule has 2 N–H and O–H groups in total. The molecule has 3 heteroatoms.